The number of amides is 2. The summed E-state index contributed by atoms with van der Waals surface area (Å²) in [5, 5.41) is 14.4. The van der Waals surface area contributed by atoms with Gasteiger partial charge in [0, 0.05) is 28.9 Å². The molecule has 3 aromatic rings. The fourth-order valence-electron chi connectivity index (χ4n) is 5.72. The smallest absolute Gasteiger partial charge is 0.496 e. The molecule has 1 saturated carbocycles. The third-order valence-electron chi connectivity index (χ3n) is 7.83. The normalized spacial score (nSPS) is 20.6. The van der Waals surface area contributed by atoms with Crippen molar-refractivity contribution in [3.8, 4) is 16.9 Å². The Morgan fingerprint density at radius 2 is 1.62 bits per heavy atom. The monoisotopic (exact) mass is 650 g/mol. The highest BCUT2D eigenvalue weighted by molar-refractivity contribution is 7.92. The fraction of sp³-hybridized carbons (Fsp3) is 0.233. The van der Waals surface area contributed by atoms with Crippen LogP contribution in [0.5, 0.6) is 5.75 Å². The number of alkyl halides is 3. The Morgan fingerprint density at radius 1 is 0.933 bits per heavy atom. The van der Waals surface area contributed by atoms with Gasteiger partial charge in [-0.1, -0.05) is 30.4 Å². The van der Waals surface area contributed by atoms with Gasteiger partial charge in [-0.15, -0.1) is 0 Å². The van der Waals surface area contributed by atoms with Gasteiger partial charge in [0.1, 0.15) is 17.4 Å². The third kappa shape index (κ3) is 5.75. The zero-order valence-electron chi connectivity index (χ0n) is 23.1. The first-order valence-electron chi connectivity index (χ1n) is 13.2. The number of sulfone groups is 1. The highest BCUT2D eigenvalue weighted by Crippen LogP contribution is 2.45. The van der Waals surface area contributed by atoms with Crippen LogP contribution in [0.2, 0.25) is 0 Å². The van der Waals surface area contributed by atoms with Gasteiger partial charge in [-0.25, -0.2) is 22.0 Å². The molecule has 4 atom stereocenters. The summed E-state index contributed by atoms with van der Waals surface area (Å²) < 4.78 is 98.0. The van der Waals surface area contributed by atoms with E-state index in [2.05, 4.69) is 10.6 Å². The molecule has 45 heavy (non-hydrogen) atoms. The van der Waals surface area contributed by atoms with Gasteiger partial charge in [0.05, 0.1) is 29.1 Å². The Bertz CT molecular complexity index is 1860. The minimum atomic E-state index is -5.67. The van der Waals surface area contributed by atoms with E-state index >= 15 is 4.39 Å². The second kappa shape index (κ2) is 11.6. The Hall–Kier alpha value is -4.79. The predicted molar refractivity (Wildman–Crippen MR) is 149 cm³/mol. The van der Waals surface area contributed by atoms with Crippen LogP contribution >= 0.6 is 0 Å². The molecular weight excluding hydrogens is 627 g/mol. The molecule has 2 amide bonds. The van der Waals surface area contributed by atoms with E-state index in [1.165, 1.54) is 19.2 Å². The number of fused-ring (bicyclic) bond motifs is 2. The van der Waals surface area contributed by atoms with Crippen LogP contribution < -0.4 is 15.4 Å². The molecule has 0 aliphatic heterocycles. The van der Waals surface area contributed by atoms with Crippen LogP contribution in [0.1, 0.15) is 27.1 Å². The lowest BCUT2D eigenvalue weighted by Crippen LogP contribution is -2.47. The molecule has 0 saturated heterocycles. The number of hydrogen-bond donors (Lipinski definition) is 3. The van der Waals surface area contributed by atoms with E-state index in [0.717, 1.165) is 36.4 Å². The number of benzene rings is 3. The molecule has 5 rings (SSSR count). The summed E-state index contributed by atoms with van der Waals surface area (Å²) in [4.78, 5) is 37.3. The largest absolute Gasteiger partial charge is 0.501 e. The molecule has 2 bridgehead atoms. The lowest BCUT2D eigenvalue weighted by molar-refractivity contribution is -0.121. The molecule has 0 aromatic heterocycles. The minimum Gasteiger partial charge on any atom is -0.496 e. The van der Waals surface area contributed by atoms with Crippen molar-refractivity contribution in [2.45, 2.75) is 22.9 Å². The SMILES string of the molecule is COc1cc(F)c(-c2cccc(C(=O)O)c2F)cc1C(=O)N[C@H]1[C@@H](C(=O)Nc2cccc(S(=O)(=O)C(F)(F)F)c2)[C@@H]2C=C[C@H]1C2. The van der Waals surface area contributed by atoms with Gasteiger partial charge in [0.15, 0.2) is 0 Å². The lowest BCUT2D eigenvalue weighted by atomic mass is 9.87. The molecule has 236 valence electrons. The molecular formula is C30H23F5N2O7S. The number of carbonyl (C=O) groups excluding carboxylic acids is 2. The zero-order chi connectivity index (χ0) is 32.8. The fourth-order valence-corrected chi connectivity index (χ4v) is 6.53. The Kier molecular flexibility index (Phi) is 8.16. The zero-order valence-corrected chi connectivity index (χ0v) is 23.9. The number of ether oxygens (including phenoxy) is 1. The molecule has 2 aliphatic rings. The van der Waals surface area contributed by atoms with Crippen molar-refractivity contribution >= 4 is 33.3 Å². The Labute approximate surface area is 252 Å². The summed E-state index contributed by atoms with van der Waals surface area (Å²) in [6.07, 6.45) is 4.00. The topological polar surface area (TPSA) is 139 Å². The summed E-state index contributed by atoms with van der Waals surface area (Å²) in [6.45, 7) is 0. The van der Waals surface area contributed by atoms with E-state index in [1.54, 1.807) is 12.2 Å². The summed E-state index contributed by atoms with van der Waals surface area (Å²) in [6, 6.07) is 8.03. The number of anilines is 1. The number of carbonyl (C=O) groups is 3. The maximum atomic E-state index is 15.1. The molecule has 1 fully saturated rings. The number of hydrogen-bond acceptors (Lipinski definition) is 6. The average molecular weight is 651 g/mol. The van der Waals surface area contributed by atoms with E-state index in [0.29, 0.717) is 12.5 Å². The van der Waals surface area contributed by atoms with Gasteiger partial charge in [0.25, 0.3) is 15.7 Å². The van der Waals surface area contributed by atoms with Crippen LogP contribution in [0.15, 0.2) is 71.6 Å². The van der Waals surface area contributed by atoms with E-state index in [9.17, 15) is 45.5 Å². The molecule has 3 N–H and O–H groups in total. The van der Waals surface area contributed by atoms with E-state index in [4.69, 9.17) is 4.74 Å². The first kappa shape index (κ1) is 31.6. The molecule has 2 aliphatic carbocycles. The highest BCUT2D eigenvalue weighted by atomic mass is 32.2. The van der Waals surface area contributed by atoms with Gasteiger partial charge in [-0.2, -0.15) is 13.2 Å². The third-order valence-corrected chi connectivity index (χ3v) is 9.31. The van der Waals surface area contributed by atoms with Crippen molar-refractivity contribution in [2.24, 2.45) is 17.8 Å². The van der Waals surface area contributed by atoms with Crippen molar-refractivity contribution in [3.05, 3.63) is 89.5 Å². The number of halogens is 5. The van der Waals surface area contributed by atoms with Crippen LogP contribution in [0.25, 0.3) is 11.1 Å². The Morgan fingerprint density at radius 3 is 2.29 bits per heavy atom. The van der Waals surface area contributed by atoms with Crippen LogP contribution in [0, 0.1) is 29.4 Å². The second-order valence-electron chi connectivity index (χ2n) is 10.4. The number of methoxy groups -OCH3 is 1. The first-order chi connectivity index (χ1) is 21.1. The molecule has 15 heteroatoms. The summed E-state index contributed by atoms with van der Waals surface area (Å²) >= 11 is 0. The summed E-state index contributed by atoms with van der Waals surface area (Å²) in [7, 11) is -4.51. The maximum absolute atomic E-state index is 15.1. The highest BCUT2D eigenvalue weighted by Gasteiger charge is 2.49. The molecule has 3 aromatic carbocycles. The van der Waals surface area contributed by atoms with Crippen LogP contribution in [-0.2, 0) is 14.6 Å². The van der Waals surface area contributed by atoms with Gasteiger partial charge in [-0.05, 0) is 48.6 Å². The number of nitrogens with one attached hydrogen (secondary N) is 2. The molecule has 0 unspecified atom stereocenters. The lowest BCUT2D eigenvalue weighted by Gasteiger charge is -2.28. The number of aromatic carboxylic acids is 1. The van der Waals surface area contributed by atoms with Crippen LogP contribution in [0.3, 0.4) is 0 Å². The standard InChI is InChI=1S/C30H23F5N2O7S/c1-44-23-13-22(31)20(18-6-3-7-19(25(18)32)29(40)41)12-21(23)27(38)37-26-15-9-8-14(10-15)24(26)28(39)36-16-4-2-5-17(11-16)45(42,43)30(33,34)35/h2-9,11-15,24,26H,10H2,1H3,(H,36,39)(H,37,38)(H,40,41)/t14-,15+,24+,26-/m1/s1. The predicted octanol–water partition coefficient (Wildman–Crippen LogP) is 5.19. The van der Waals surface area contributed by atoms with Crippen molar-refractivity contribution < 1.29 is 54.6 Å². The number of rotatable bonds is 8. The van der Waals surface area contributed by atoms with Gasteiger partial charge < -0.3 is 20.5 Å². The molecule has 0 spiro atoms. The van der Waals surface area contributed by atoms with Crippen LogP contribution in [-0.4, -0.2) is 50.0 Å². The number of carboxylic acids is 1. The first-order valence-corrected chi connectivity index (χ1v) is 14.7. The summed E-state index contributed by atoms with van der Waals surface area (Å²) in [5.74, 6) is -7.19. The van der Waals surface area contributed by atoms with Crippen molar-refractivity contribution in [1.29, 1.82) is 0 Å². The summed E-state index contributed by atoms with van der Waals surface area (Å²) in [5.41, 5.74) is -7.55. The van der Waals surface area contributed by atoms with Gasteiger partial charge in [0.2, 0.25) is 5.91 Å². The van der Waals surface area contributed by atoms with Gasteiger partial charge in [-0.3, -0.25) is 9.59 Å². The quantitative estimate of drug-likeness (QED) is 0.225. The van der Waals surface area contributed by atoms with Crippen molar-refractivity contribution in [3.63, 3.8) is 0 Å². The molecule has 0 radical (unpaired) electrons. The second-order valence-corrected chi connectivity index (χ2v) is 12.4. The molecule has 0 heterocycles. The van der Waals surface area contributed by atoms with Crippen molar-refractivity contribution in [1.82, 2.24) is 5.32 Å². The van der Waals surface area contributed by atoms with Crippen LogP contribution in [0.4, 0.5) is 27.6 Å². The van der Waals surface area contributed by atoms with Crippen molar-refractivity contribution in [2.75, 3.05) is 12.4 Å². The minimum absolute atomic E-state index is 0.211. The van der Waals surface area contributed by atoms with E-state index < -0.39 is 78.3 Å². The average Bonchev–Trinajstić information content (AvgIpc) is 3.59. The maximum Gasteiger partial charge on any atom is 0.501 e. The Balaban J connectivity index is 1.43. The number of allylic oxidation sites excluding steroid dienone is 1. The van der Waals surface area contributed by atoms with E-state index in [-0.39, 0.29) is 28.8 Å². The van der Waals surface area contributed by atoms with E-state index in [1.807, 2.05) is 0 Å². The molecule has 9 nitrogen and oxygen atoms in total. The number of carboxylic acid groups (broad SMARTS) is 1. The van der Waals surface area contributed by atoms with Gasteiger partial charge >= 0.3 is 11.5 Å².